The van der Waals surface area contributed by atoms with Crippen LogP contribution in [-0.4, -0.2) is 10.9 Å². The summed E-state index contributed by atoms with van der Waals surface area (Å²) in [5.41, 5.74) is 5.52. The summed E-state index contributed by atoms with van der Waals surface area (Å²) in [5.74, 6) is -0.698. The highest BCUT2D eigenvalue weighted by Crippen LogP contribution is 2.19. The number of nitrogens with two attached hydrogens (primary N) is 1. The van der Waals surface area contributed by atoms with Crippen LogP contribution in [0.1, 0.15) is 10.4 Å². The Balaban J connectivity index is 2.22. The number of nitrogen functional groups attached to an aromatic ring is 1. The summed E-state index contributed by atoms with van der Waals surface area (Å²) < 4.78 is 13.9. The first-order chi connectivity index (χ1) is 8.58. The molecule has 0 bridgehead atoms. The third-order valence-corrected chi connectivity index (χ3v) is 2.89. The zero-order valence-corrected chi connectivity index (χ0v) is 10.7. The van der Waals surface area contributed by atoms with Crippen LogP contribution < -0.4 is 11.1 Å². The van der Waals surface area contributed by atoms with Crippen molar-refractivity contribution in [2.45, 2.75) is 0 Å². The smallest absolute Gasteiger partial charge is 0.256 e. The lowest BCUT2D eigenvalue weighted by Gasteiger charge is -2.06. The fraction of sp³-hybridized carbons (Fsp3) is 0. The first kappa shape index (κ1) is 12.5. The second-order valence-electron chi connectivity index (χ2n) is 3.52. The molecule has 0 saturated heterocycles. The van der Waals surface area contributed by atoms with Gasteiger partial charge in [0.2, 0.25) is 0 Å². The highest BCUT2D eigenvalue weighted by atomic mass is 79.9. The third kappa shape index (κ3) is 2.65. The molecule has 2 rings (SSSR count). The highest BCUT2D eigenvalue weighted by molar-refractivity contribution is 9.10. The van der Waals surface area contributed by atoms with E-state index in [0.717, 1.165) is 6.07 Å². The molecule has 92 valence electrons. The van der Waals surface area contributed by atoms with Crippen molar-refractivity contribution in [1.82, 2.24) is 4.98 Å². The van der Waals surface area contributed by atoms with Crippen LogP contribution in [0.25, 0.3) is 0 Å². The molecule has 6 heteroatoms. The van der Waals surface area contributed by atoms with Crippen molar-refractivity contribution in [3.8, 4) is 0 Å². The van der Waals surface area contributed by atoms with Gasteiger partial charge in [-0.3, -0.25) is 4.79 Å². The molecule has 0 radical (unpaired) electrons. The molecule has 0 saturated carbocycles. The number of benzene rings is 1. The molecule has 0 spiro atoms. The number of nitrogens with zero attached hydrogens (tertiary/aromatic N) is 1. The second-order valence-corrected chi connectivity index (χ2v) is 4.38. The summed E-state index contributed by atoms with van der Waals surface area (Å²) >= 11 is 3.25. The average Bonchev–Trinajstić information content (AvgIpc) is 2.35. The monoisotopic (exact) mass is 309 g/mol. The summed E-state index contributed by atoms with van der Waals surface area (Å²) in [6, 6.07) is 7.35. The Morgan fingerprint density at radius 3 is 2.83 bits per heavy atom. The van der Waals surface area contributed by atoms with Gasteiger partial charge >= 0.3 is 0 Å². The fourth-order valence-corrected chi connectivity index (χ4v) is 1.68. The molecule has 1 aromatic heterocycles. The molecule has 0 aliphatic rings. The summed E-state index contributed by atoms with van der Waals surface area (Å²) in [4.78, 5) is 15.8. The molecule has 0 unspecified atom stereocenters. The van der Waals surface area contributed by atoms with Crippen molar-refractivity contribution in [3.05, 3.63) is 52.4 Å². The summed E-state index contributed by atoms with van der Waals surface area (Å²) in [6.45, 7) is 0. The molecule has 0 fully saturated rings. The van der Waals surface area contributed by atoms with Gasteiger partial charge in [-0.25, -0.2) is 9.37 Å². The van der Waals surface area contributed by atoms with Crippen LogP contribution in [-0.2, 0) is 0 Å². The van der Waals surface area contributed by atoms with Gasteiger partial charge in [-0.15, -0.1) is 0 Å². The van der Waals surface area contributed by atoms with Crippen LogP contribution in [0.3, 0.4) is 0 Å². The molecule has 3 N–H and O–H groups in total. The van der Waals surface area contributed by atoms with E-state index in [4.69, 9.17) is 5.73 Å². The van der Waals surface area contributed by atoms with Crippen molar-refractivity contribution in [1.29, 1.82) is 0 Å². The number of carbonyl (C=O) groups excluding carboxylic acids is 1. The molecular weight excluding hydrogens is 301 g/mol. The maximum atomic E-state index is 13.2. The number of aromatic nitrogens is 1. The minimum Gasteiger partial charge on any atom is -0.396 e. The number of nitrogens with one attached hydrogen (secondary N) is 1. The maximum Gasteiger partial charge on any atom is 0.256 e. The topological polar surface area (TPSA) is 68.0 Å². The quantitative estimate of drug-likeness (QED) is 0.838. The SMILES string of the molecule is Nc1ccc(C(=O)Nc2ncccc2Br)cc1F. The van der Waals surface area contributed by atoms with Gasteiger partial charge in [-0.2, -0.15) is 0 Å². The Kier molecular flexibility index (Phi) is 3.57. The molecule has 0 aliphatic heterocycles. The van der Waals surface area contributed by atoms with Crippen molar-refractivity contribution < 1.29 is 9.18 Å². The van der Waals surface area contributed by atoms with E-state index in [2.05, 4.69) is 26.2 Å². The molecular formula is C12H9BrFN3O. The van der Waals surface area contributed by atoms with Crippen molar-refractivity contribution in [2.24, 2.45) is 0 Å². The van der Waals surface area contributed by atoms with Crippen molar-refractivity contribution in [3.63, 3.8) is 0 Å². The van der Waals surface area contributed by atoms with E-state index >= 15 is 0 Å². The second kappa shape index (κ2) is 5.14. The lowest BCUT2D eigenvalue weighted by atomic mass is 10.2. The van der Waals surface area contributed by atoms with Crippen molar-refractivity contribution >= 4 is 33.3 Å². The summed E-state index contributed by atoms with van der Waals surface area (Å²) in [7, 11) is 0. The van der Waals surface area contributed by atoms with E-state index in [0.29, 0.717) is 10.3 Å². The minimum atomic E-state index is -0.622. The van der Waals surface area contributed by atoms with E-state index in [1.165, 1.54) is 12.1 Å². The highest BCUT2D eigenvalue weighted by Gasteiger charge is 2.10. The zero-order chi connectivity index (χ0) is 13.1. The number of pyridine rings is 1. The van der Waals surface area contributed by atoms with Gasteiger partial charge in [0.15, 0.2) is 0 Å². The van der Waals surface area contributed by atoms with Gasteiger partial charge in [-0.05, 0) is 46.3 Å². The average molecular weight is 310 g/mol. The Hall–Kier alpha value is -1.95. The zero-order valence-electron chi connectivity index (χ0n) is 9.15. The Morgan fingerprint density at radius 2 is 2.17 bits per heavy atom. The van der Waals surface area contributed by atoms with E-state index < -0.39 is 11.7 Å². The number of hydrogen-bond acceptors (Lipinski definition) is 3. The third-order valence-electron chi connectivity index (χ3n) is 2.25. The van der Waals surface area contributed by atoms with Gasteiger partial charge in [-0.1, -0.05) is 0 Å². The maximum absolute atomic E-state index is 13.2. The Labute approximate surface area is 111 Å². The van der Waals surface area contributed by atoms with Crippen LogP contribution in [0.4, 0.5) is 15.9 Å². The molecule has 0 aliphatic carbocycles. The number of halogens is 2. The lowest BCUT2D eigenvalue weighted by Crippen LogP contribution is -2.13. The first-order valence-electron chi connectivity index (χ1n) is 5.05. The number of carbonyl (C=O) groups is 1. The molecule has 0 atom stereocenters. The predicted octanol–water partition coefficient (Wildman–Crippen LogP) is 2.82. The summed E-state index contributed by atoms with van der Waals surface area (Å²) in [5, 5.41) is 2.57. The van der Waals surface area contributed by atoms with Crippen LogP contribution in [0.2, 0.25) is 0 Å². The number of hydrogen-bond donors (Lipinski definition) is 2. The number of rotatable bonds is 2. The Morgan fingerprint density at radius 1 is 1.39 bits per heavy atom. The molecule has 1 heterocycles. The molecule has 4 nitrogen and oxygen atoms in total. The van der Waals surface area contributed by atoms with E-state index in [1.807, 2.05) is 0 Å². The van der Waals surface area contributed by atoms with Crippen LogP contribution in [0, 0.1) is 5.82 Å². The van der Waals surface area contributed by atoms with Crippen molar-refractivity contribution in [2.75, 3.05) is 11.1 Å². The van der Waals surface area contributed by atoms with E-state index in [9.17, 15) is 9.18 Å². The number of anilines is 2. The normalized spacial score (nSPS) is 10.1. The van der Waals surface area contributed by atoms with Gasteiger partial charge in [0.1, 0.15) is 11.6 Å². The standard InChI is InChI=1S/C12H9BrFN3O/c13-8-2-1-5-16-11(8)17-12(18)7-3-4-10(15)9(14)6-7/h1-6H,15H2,(H,16,17,18). The van der Waals surface area contributed by atoms with Crippen LogP contribution >= 0.6 is 15.9 Å². The fourth-order valence-electron chi connectivity index (χ4n) is 1.33. The predicted molar refractivity (Wildman–Crippen MR) is 70.7 cm³/mol. The van der Waals surface area contributed by atoms with Gasteiger partial charge in [0.25, 0.3) is 5.91 Å². The molecule has 1 aromatic carbocycles. The van der Waals surface area contributed by atoms with Gasteiger partial charge in [0, 0.05) is 11.8 Å². The molecule has 2 aromatic rings. The number of amides is 1. The first-order valence-corrected chi connectivity index (χ1v) is 5.84. The largest absolute Gasteiger partial charge is 0.396 e. The lowest BCUT2D eigenvalue weighted by molar-refractivity contribution is 0.102. The van der Waals surface area contributed by atoms with Crippen LogP contribution in [0.5, 0.6) is 0 Å². The van der Waals surface area contributed by atoms with Crippen LogP contribution in [0.15, 0.2) is 41.0 Å². The molecule has 18 heavy (non-hydrogen) atoms. The Bertz CT molecular complexity index is 604. The van der Waals surface area contributed by atoms with E-state index in [1.54, 1.807) is 18.3 Å². The van der Waals surface area contributed by atoms with Gasteiger partial charge in [0.05, 0.1) is 10.2 Å². The van der Waals surface area contributed by atoms with E-state index in [-0.39, 0.29) is 11.3 Å². The van der Waals surface area contributed by atoms with Gasteiger partial charge < -0.3 is 11.1 Å². The summed E-state index contributed by atoms with van der Waals surface area (Å²) in [6.07, 6.45) is 1.55. The minimum absolute atomic E-state index is 0.00515. The molecule has 1 amide bonds.